The monoisotopic (exact) mass is 271 g/mol. The van der Waals surface area contributed by atoms with Crippen molar-refractivity contribution in [3.8, 4) is 0 Å². The SMILES string of the molecule is O=c1[nH]cnc(NCc2ccc(F)cc2F)c1Cl. The molecule has 7 heteroatoms. The van der Waals surface area contributed by atoms with Crippen molar-refractivity contribution < 1.29 is 8.78 Å². The lowest BCUT2D eigenvalue weighted by molar-refractivity contribution is 0.574. The minimum absolute atomic E-state index is 0.0439. The van der Waals surface area contributed by atoms with Gasteiger partial charge in [0.1, 0.15) is 16.7 Å². The van der Waals surface area contributed by atoms with E-state index in [0.717, 1.165) is 12.1 Å². The maximum atomic E-state index is 13.3. The number of H-pyrrole nitrogens is 1. The van der Waals surface area contributed by atoms with Crippen LogP contribution in [0.1, 0.15) is 5.56 Å². The van der Waals surface area contributed by atoms with Crippen molar-refractivity contribution in [3.63, 3.8) is 0 Å². The van der Waals surface area contributed by atoms with E-state index in [1.807, 2.05) is 0 Å². The second kappa shape index (κ2) is 5.14. The molecule has 0 atom stereocenters. The molecule has 0 unspecified atom stereocenters. The van der Waals surface area contributed by atoms with E-state index in [1.54, 1.807) is 0 Å². The summed E-state index contributed by atoms with van der Waals surface area (Å²) in [4.78, 5) is 17.3. The van der Waals surface area contributed by atoms with Crippen LogP contribution in [0.15, 0.2) is 29.3 Å². The van der Waals surface area contributed by atoms with Crippen LogP contribution in [0.3, 0.4) is 0 Å². The number of hydrogen-bond acceptors (Lipinski definition) is 3. The quantitative estimate of drug-likeness (QED) is 0.901. The van der Waals surface area contributed by atoms with Gasteiger partial charge in [0.15, 0.2) is 5.82 Å². The third kappa shape index (κ3) is 2.65. The Kier molecular flexibility index (Phi) is 3.57. The van der Waals surface area contributed by atoms with Gasteiger partial charge in [-0.25, -0.2) is 13.8 Å². The standard InChI is InChI=1S/C11H8ClF2N3O/c12-9-10(16-5-17-11(9)18)15-4-6-1-2-7(13)3-8(6)14/h1-3,5H,4H2,(H2,15,16,17,18). The van der Waals surface area contributed by atoms with E-state index >= 15 is 0 Å². The Labute approximate surface area is 106 Å². The van der Waals surface area contributed by atoms with Crippen molar-refractivity contribution in [2.45, 2.75) is 6.54 Å². The Morgan fingerprint density at radius 2 is 2.17 bits per heavy atom. The van der Waals surface area contributed by atoms with Crippen molar-refractivity contribution >= 4 is 17.4 Å². The van der Waals surface area contributed by atoms with E-state index in [2.05, 4.69) is 15.3 Å². The molecule has 0 radical (unpaired) electrons. The van der Waals surface area contributed by atoms with Crippen molar-refractivity contribution in [1.29, 1.82) is 0 Å². The summed E-state index contributed by atoms with van der Waals surface area (Å²) >= 11 is 5.70. The zero-order valence-corrected chi connectivity index (χ0v) is 9.76. The number of aromatic amines is 1. The molecule has 0 saturated heterocycles. The summed E-state index contributed by atoms with van der Waals surface area (Å²) in [7, 11) is 0. The second-order valence-electron chi connectivity index (χ2n) is 3.48. The maximum absolute atomic E-state index is 13.3. The average Bonchev–Trinajstić information content (AvgIpc) is 2.33. The van der Waals surface area contributed by atoms with Crippen LogP contribution in [-0.4, -0.2) is 9.97 Å². The summed E-state index contributed by atoms with van der Waals surface area (Å²) in [5, 5.41) is 2.59. The van der Waals surface area contributed by atoms with E-state index in [9.17, 15) is 13.6 Å². The lowest BCUT2D eigenvalue weighted by atomic mass is 10.2. The summed E-state index contributed by atoms with van der Waals surface area (Å²) in [5.41, 5.74) is -0.247. The Balaban J connectivity index is 2.16. The molecule has 0 saturated carbocycles. The fourth-order valence-corrected chi connectivity index (χ4v) is 1.52. The largest absolute Gasteiger partial charge is 0.364 e. The third-order valence-corrected chi connectivity index (χ3v) is 2.61. The highest BCUT2D eigenvalue weighted by atomic mass is 35.5. The van der Waals surface area contributed by atoms with Gasteiger partial charge >= 0.3 is 0 Å². The van der Waals surface area contributed by atoms with Crippen LogP contribution in [-0.2, 0) is 6.54 Å². The molecule has 18 heavy (non-hydrogen) atoms. The Bertz CT molecular complexity index is 630. The molecule has 0 fully saturated rings. The van der Waals surface area contributed by atoms with Gasteiger partial charge in [0, 0.05) is 18.2 Å². The van der Waals surface area contributed by atoms with Gasteiger partial charge in [0.05, 0.1) is 6.33 Å². The second-order valence-corrected chi connectivity index (χ2v) is 3.86. The molecule has 2 N–H and O–H groups in total. The Morgan fingerprint density at radius 1 is 1.39 bits per heavy atom. The normalized spacial score (nSPS) is 10.4. The van der Waals surface area contributed by atoms with Crippen LogP contribution in [0, 0.1) is 11.6 Å². The highest BCUT2D eigenvalue weighted by Crippen LogP contribution is 2.15. The summed E-state index contributed by atoms with van der Waals surface area (Å²) in [6.07, 6.45) is 1.18. The van der Waals surface area contributed by atoms with Crippen molar-refractivity contribution in [2.75, 3.05) is 5.32 Å². The molecule has 1 heterocycles. The van der Waals surface area contributed by atoms with Gasteiger partial charge < -0.3 is 10.3 Å². The van der Waals surface area contributed by atoms with Gasteiger partial charge in [-0.15, -0.1) is 0 Å². The van der Waals surface area contributed by atoms with E-state index in [1.165, 1.54) is 12.4 Å². The molecule has 0 aliphatic rings. The van der Waals surface area contributed by atoms with Crippen LogP contribution < -0.4 is 10.9 Å². The Hall–Kier alpha value is -1.95. The fourth-order valence-electron chi connectivity index (χ4n) is 1.35. The molecule has 94 valence electrons. The van der Waals surface area contributed by atoms with Crippen LogP contribution in [0.2, 0.25) is 5.02 Å². The average molecular weight is 272 g/mol. The predicted molar refractivity (Wildman–Crippen MR) is 63.6 cm³/mol. The smallest absolute Gasteiger partial charge is 0.271 e. The van der Waals surface area contributed by atoms with Crippen LogP contribution in [0.4, 0.5) is 14.6 Å². The van der Waals surface area contributed by atoms with Crippen LogP contribution in [0.25, 0.3) is 0 Å². The van der Waals surface area contributed by atoms with Crippen LogP contribution in [0.5, 0.6) is 0 Å². The number of rotatable bonds is 3. The number of anilines is 1. The molecule has 0 bridgehead atoms. The molecule has 2 aromatic rings. The molecular weight excluding hydrogens is 264 g/mol. The number of nitrogens with one attached hydrogen (secondary N) is 2. The molecule has 0 amide bonds. The number of nitrogens with zero attached hydrogens (tertiary/aromatic N) is 1. The molecule has 0 spiro atoms. The predicted octanol–water partition coefficient (Wildman–Crippen LogP) is 2.31. The van der Waals surface area contributed by atoms with Crippen molar-refractivity contribution in [1.82, 2.24) is 9.97 Å². The minimum Gasteiger partial charge on any atom is -0.364 e. The summed E-state index contributed by atoms with van der Waals surface area (Å²) < 4.78 is 26.0. The molecular formula is C11H8ClF2N3O. The zero-order valence-electron chi connectivity index (χ0n) is 9.01. The van der Waals surface area contributed by atoms with Gasteiger partial charge in [-0.3, -0.25) is 4.79 Å². The molecule has 0 aliphatic heterocycles. The lowest BCUT2D eigenvalue weighted by Crippen LogP contribution is -2.12. The van der Waals surface area contributed by atoms with E-state index in [0.29, 0.717) is 0 Å². The topological polar surface area (TPSA) is 57.8 Å². The number of hydrogen-bond donors (Lipinski definition) is 2. The number of aromatic nitrogens is 2. The molecule has 1 aromatic carbocycles. The lowest BCUT2D eigenvalue weighted by Gasteiger charge is -2.07. The maximum Gasteiger partial charge on any atom is 0.271 e. The summed E-state index contributed by atoms with van der Waals surface area (Å²) in [5.74, 6) is -1.18. The van der Waals surface area contributed by atoms with Gasteiger partial charge in [-0.2, -0.15) is 0 Å². The van der Waals surface area contributed by atoms with Crippen LogP contribution >= 0.6 is 11.6 Å². The van der Waals surface area contributed by atoms with Gasteiger partial charge in [-0.05, 0) is 6.07 Å². The van der Waals surface area contributed by atoms with Gasteiger partial charge in [0.25, 0.3) is 5.56 Å². The van der Waals surface area contributed by atoms with Crippen molar-refractivity contribution in [3.05, 3.63) is 57.1 Å². The highest BCUT2D eigenvalue weighted by molar-refractivity contribution is 6.32. The number of benzene rings is 1. The molecule has 2 rings (SSSR count). The van der Waals surface area contributed by atoms with E-state index in [-0.39, 0.29) is 22.9 Å². The van der Waals surface area contributed by atoms with E-state index < -0.39 is 17.2 Å². The van der Waals surface area contributed by atoms with Gasteiger partial charge in [-0.1, -0.05) is 17.7 Å². The molecule has 4 nitrogen and oxygen atoms in total. The first-order valence-electron chi connectivity index (χ1n) is 4.99. The first-order chi connectivity index (χ1) is 8.58. The first kappa shape index (κ1) is 12.5. The summed E-state index contributed by atoms with van der Waals surface area (Å²) in [6, 6.07) is 3.23. The van der Waals surface area contributed by atoms with E-state index in [4.69, 9.17) is 11.6 Å². The zero-order chi connectivity index (χ0) is 13.1. The molecule has 0 aliphatic carbocycles. The summed E-state index contributed by atoms with van der Waals surface area (Å²) in [6.45, 7) is 0.0439. The molecule has 1 aromatic heterocycles. The highest BCUT2D eigenvalue weighted by Gasteiger charge is 2.07. The van der Waals surface area contributed by atoms with Crippen molar-refractivity contribution in [2.24, 2.45) is 0 Å². The third-order valence-electron chi connectivity index (χ3n) is 2.26. The number of halogens is 3. The first-order valence-corrected chi connectivity index (χ1v) is 5.36. The fraction of sp³-hybridized carbons (Fsp3) is 0.0909. The van der Waals surface area contributed by atoms with Gasteiger partial charge in [0.2, 0.25) is 0 Å². The Morgan fingerprint density at radius 3 is 2.89 bits per heavy atom. The minimum atomic E-state index is -0.677.